The number of nitrogens with zero attached hydrogens (tertiary/aromatic N) is 2. The Balaban J connectivity index is 1.51. The van der Waals surface area contributed by atoms with E-state index in [1.54, 1.807) is 19.6 Å². The topological polar surface area (TPSA) is 59.1 Å². The van der Waals surface area contributed by atoms with E-state index in [-0.39, 0.29) is 12.5 Å². The average molecular weight is 380 g/mol. The highest BCUT2D eigenvalue weighted by atomic mass is 16.5. The molecule has 0 saturated heterocycles. The summed E-state index contributed by atoms with van der Waals surface area (Å²) in [7, 11) is 1.66. The van der Waals surface area contributed by atoms with Gasteiger partial charge in [0.25, 0.3) is 0 Å². The van der Waals surface area contributed by atoms with Crippen molar-refractivity contribution in [3.05, 3.63) is 72.1 Å². The second-order valence-corrected chi connectivity index (χ2v) is 6.95. The van der Waals surface area contributed by atoms with Crippen LogP contribution in [0.1, 0.15) is 23.5 Å². The molecule has 0 N–H and O–H groups in total. The van der Waals surface area contributed by atoms with Gasteiger partial charge in [0.15, 0.2) is 0 Å². The van der Waals surface area contributed by atoms with Gasteiger partial charge in [-0.05, 0) is 60.9 Å². The first-order valence-corrected chi connectivity index (χ1v) is 9.47. The van der Waals surface area contributed by atoms with Gasteiger partial charge in [0.05, 0.1) is 39.3 Å². The fourth-order valence-corrected chi connectivity index (χ4v) is 3.65. The third-order valence-corrected chi connectivity index (χ3v) is 4.98. The molecule has 0 radical (unpaired) electrons. The van der Waals surface area contributed by atoms with Crippen LogP contribution in [0.25, 0.3) is 0 Å². The van der Waals surface area contributed by atoms with E-state index in [1.165, 1.54) is 0 Å². The van der Waals surface area contributed by atoms with Crippen molar-refractivity contribution >= 4 is 11.6 Å². The van der Waals surface area contributed by atoms with E-state index in [0.29, 0.717) is 13.1 Å². The van der Waals surface area contributed by atoms with Gasteiger partial charge in [-0.2, -0.15) is 0 Å². The lowest BCUT2D eigenvalue weighted by Crippen LogP contribution is -2.42. The largest absolute Gasteiger partial charge is 0.497 e. The molecule has 0 unspecified atom stereocenters. The molecule has 3 heterocycles. The molecule has 146 valence electrons. The molecule has 1 aliphatic rings. The Morgan fingerprint density at radius 1 is 1.11 bits per heavy atom. The lowest BCUT2D eigenvalue weighted by Gasteiger charge is -2.31. The molecule has 2 aromatic heterocycles. The second-order valence-electron chi connectivity index (χ2n) is 6.95. The zero-order chi connectivity index (χ0) is 19.3. The predicted octanol–water partition coefficient (Wildman–Crippen LogP) is 3.86. The molecule has 6 heteroatoms. The van der Waals surface area contributed by atoms with Crippen molar-refractivity contribution in [3.8, 4) is 5.75 Å². The number of benzene rings is 1. The first-order valence-electron chi connectivity index (χ1n) is 9.47. The van der Waals surface area contributed by atoms with Gasteiger partial charge in [-0.25, -0.2) is 0 Å². The van der Waals surface area contributed by atoms with Gasteiger partial charge in [-0.1, -0.05) is 0 Å². The van der Waals surface area contributed by atoms with Crippen LogP contribution in [-0.4, -0.2) is 31.0 Å². The summed E-state index contributed by atoms with van der Waals surface area (Å²) >= 11 is 0. The predicted molar refractivity (Wildman–Crippen MR) is 105 cm³/mol. The summed E-state index contributed by atoms with van der Waals surface area (Å²) in [5, 5.41) is 0. The van der Waals surface area contributed by atoms with Crippen molar-refractivity contribution in [2.24, 2.45) is 0 Å². The number of hydrogen-bond donors (Lipinski definition) is 0. The Morgan fingerprint density at radius 2 is 1.82 bits per heavy atom. The monoisotopic (exact) mass is 380 g/mol. The van der Waals surface area contributed by atoms with E-state index in [4.69, 9.17) is 13.6 Å². The Bertz CT molecular complexity index is 867. The highest BCUT2D eigenvalue weighted by molar-refractivity contribution is 5.96. The van der Waals surface area contributed by atoms with E-state index in [2.05, 4.69) is 0 Å². The van der Waals surface area contributed by atoms with Crippen molar-refractivity contribution in [2.75, 3.05) is 25.1 Å². The van der Waals surface area contributed by atoms with E-state index in [1.807, 2.05) is 52.3 Å². The maximum absolute atomic E-state index is 13.2. The van der Waals surface area contributed by atoms with Crippen LogP contribution in [0.5, 0.6) is 5.75 Å². The van der Waals surface area contributed by atoms with Crippen molar-refractivity contribution in [2.45, 2.75) is 25.9 Å². The number of fused-ring (bicyclic) bond motifs is 1. The van der Waals surface area contributed by atoms with Crippen molar-refractivity contribution in [1.82, 2.24) is 4.90 Å². The number of hydrogen-bond acceptors (Lipinski definition) is 5. The SMILES string of the molecule is COc1ccc2c(c1)CCCN2C(=O)CN(Cc1ccco1)Cc1ccco1. The molecule has 1 aromatic carbocycles. The Morgan fingerprint density at radius 3 is 2.43 bits per heavy atom. The molecule has 0 atom stereocenters. The van der Waals surface area contributed by atoms with Gasteiger partial charge >= 0.3 is 0 Å². The highest BCUT2D eigenvalue weighted by Gasteiger charge is 2.25. The number of carbonyl (C=O) groups excluding carboxylic acids is 1. The molecule has 0 saturated carbocycles. The fraction of sp³-hybridized carbons (Fsp3) is 0.318. The van der Waals surface area contributed by atoms with Crippen molar-refractivity contribution in [1.29, 1.82) is 0 Å². The van der Waals surface area contributed by atoms with E-state index in [9.17, 15) is 4.79 Å². The minimum absolute atomic E-state index is 0.0734. The molecule has 6 nitrogen and oxygen atoms in total. The zero-order valence-electron chi connectivity index (χ0n) is 16.0. The molecule has 1 amide bonds. The lowest BCUT2D eigenvalue weighted by atomic mass is 10.0. The maximum atomic E-state index is 13.2. The molecule has 3 aromatic rings. The molecule has 0 fully saturated rings. The number of carbonyl (C=O) groups is 1. The Labute approximate surface area is 164 Å². The first-order chi connectivity index (χ1) is 13.7. The van der Waals surface area contributed by atoms with E-state index >= 15 is 0 Å². The number of aryl methyl sites for hydroxylation is 1. The summed E-state index contributed by atoms with van der Waals surface area (Å²) in [4.78, 5) is 17.1. The number of ether oxygens (including phenoxy) is 1. The lowest BCUT2D eigenvalue weighted by molar-refractivity contribution is -0.120. The quantitative estimate of drug-likeness (QED) is 0.623. The van der Waals surface area contributed by atoms with Crippen LogP contribution in [0.2, 0.25) is 0 Å². The van der Waals surface area contributed by atoms with Crippen LogP contribution in [-0.2, 0) is 24.3 Å². The van der Waals surface area contributed by atoms with E-state index < -0.39 is 0 Å². The minimum Gasteiger partial charge on any atom is -0.497 e. The highest BCUT2D eigenvalue weighted by Crippen LogP contribution is 2.30. The van der Waals surface area contributed by atoms with Gasteiger partial charge in [-0.15, -0.1) is 0 Å². The van der Waals surface area contributed by atoms with Crippen LogP contribution in [0.4, 0.5) is 5.69 Å². The van der Waals surface area contributed by atoms with Crippen LogP contribution in [0, 0.1) is 0 Å². The smallest absolute Gasteiger partial charge is 0.241 e. The maximum Gasteiger partial charge on any atom is 0.241 e. The fourth-order valence-electron chi connectivity index (χ4n) is 3.65. The Hall–Kier alpha value is -2.99. The third kappa shape index (κ3) is 4.12. The second kappa shape index (κ2) is 8.35. The molecule has 28 heavy (non-hydrogen) atoms. The van der Waals surface area contributed by atoms with Crippen LogP contribution in [0.15, 0.2) is 63.8 Å². The normalized spacial score (nSPS) is 13.6. The number of anilines is 1. The summed E-state index contributed by atoms with van der Waals surface area (Å²) in [6.45, 7) is 2.10. The summed E-state index contributed by atoms with van der Waals surface area (Å²) in [5.41, 5.74) is 2.13. The molecular formula is C22H24N2O4. The molecule has 0 spiro atoms. The minimum atomic E-state index is 0.0734. The summed E-state index contributed by atoms with van der Waals surface area (Å²) in [6, 6.07) is 13.5. The van der Waals surface area contributed by atoms with Gasteiger partial charge in [-0.3, -0.25) is 9.69 Å². The third-order valence-electron chi connectivity index (χ3n) is 4.98. The van der Waals surface area contributed by atoms with Gasteiger partial charge < -0.3 is 18.5 Å². The molecule has 4 rings (SSSR count). The zero-order valence-corrected chi connectivity index (χ0v) is 16.0. The summed E-state index contributed by atoms with van der Waals surface area (Å²) < 4.78 is 16.3. The summed E-state index contributed by atoms with van der Waals surface area (Å²) in [5.74, 6) is 2.54. The average Bonchev–Trinajstić information content (AvgIpc) is 3.41. The van der Waals surface area contributed by atoms with Gasteiger partial charge in [0, 0.05) is 12.2 Å². The number of amides is 1. The first kappa shape index (κ1) is 18.4. The van der Waals surface area contributed by atoms with Crippen molar-refractivity contribution in [3.63, 3.8) is 0 Å². The molecule has 1 aliphatic heterocycles. The summed E-state index contributed by atoms with van der Waals surface area (Å²) in [6.07, 6.45) is 5.20. The van der Waals surface area contributed by atoms with Crippen LogP contribution in [0.3, 0.4) is 0 Å². The molecular weight excluding hydrogens is 356 g/mol. The molecule has 0 aliphatic carbocycles. The number of rotatable bonds is 7. The standard InChI is InChI=1S/C22H24N2O4/c1-26-18-8-9-21-17(13-18)5-2-10-24(21)22(25)16-23(14-19-6-3-11-27-19)15-20-7-4-12-28-20/h3-4,6-9,11-13H,2,5,10,14-16H2,1H3. The van der Waals surface area contributed by atoms with Crippen LogP contribution < -0.4 is 9.64 Å². The Kier molecular flexibility index (Phi) is 5.48. The van der Waals surface area contributed by atoms with E-state index in [0.717, 1.165) is 47.9 Å². The number of furan rings is 2. The molecule has 0 bridgehead atoms. The van der Waals surface area contributed by atoms with Gasteiger partial charge in [0.1, 0.15) is 17.3 Å². The van der Waals surface area contributed by atoms with Crippen LogP contribution >= 0.6 is 0 Å². The van der Waals surface area contributed by atoms with Crippen molar-refractivity contribution < 1.29 is 18.4 Å². The number of methoxy groups -OCH3 is 1. The van der Waals surface area contributed by atoms with Gasteiger partial charge in [0.2, 0.25) is 5.91 Å².